The van der Waals surface area contributed by atoms with E-state index >= 15 is 0 Å². The molecular formula is C29H34FN5O4Si. The van der Waals surface area contributed by atoms with Crippen molar-refractivity contribution in [2.45, 2.75) is 43.3 Å². The summed E-state index contributed by atoms with van der Waals surface area (Å²) in [6.45, 7) is -0.0943. The summed E-state index contributed by atoms with van der Waals surface area (Å²) in [5.74, 6) is -0.531. The number of primary amides is 1. The highest BCUT2D eigenvalue weighted by Gasteiger charge is 2.46. The molecule has 9 nitrogen and oxygen atoms in total. The predicted octanol–water partition coefficient (Wildman–Crippen LogP) is 1.65. The van der Waals surface area contributed by atoms with Crippen molar-refractivity contribution in [3.63, 3.8) is 0 Å². The van der Waals surface area contributed by atoms with E-state index < -0.39 is 35.2 Å². The minimum Gasteiger partial charge on any atom is -0.491 e. The number of ether oxygens (including phenoxy) is 1. The number of amides is 4. The van der Waals surface area contributed by atoms with Crippen LogP contribution in [0.4, 0.5) is 9.18 Å². The van der Waals surface area contributed by atoms with Crippen molar-refractivity contribution in [3.8, 4) is 5.75 Å². The number of fused-ring (bicyclic) bond motifs is 2. The van der Waals surface area contributed by atoms with Crippen LogP contribution in [0.3, 0.4) is 0 Å². The van der Waals surface area contributed by atoms with Gasteiger partial charge in [0.15, 0.2) is 0 Å². The summed E-state index contributed by atoms with van der Waals surface area (Å²) in [6.07, 6.45) is 6.05. The van der Waals surface area contributed by atoms with Gasteiger partial charge in [0, 0.05) is 47.4 Å². The van der Waals surface area contributed by atoms with Crippen molar-refractivity contribution in [3.05, 3.63) is 70.7 Å². The molecule has 2 atom stereocenters. The molecule has 4 amide bonds. The minimum atomic E-state index is -0.970. The fourth-order valence-electron chi connectivity index (χ4n) is 5.92. The highest BCUT2D eigenvalue weighted by atomic mass is 28.1. The largest absolute Gasteiger partial charge is 0.491 e. The van der Waals surface area contributed by atoms with E-state index in [0.717, 1.165) is 34.4 Å². The average molecular weight is 564 g/mol. The number of urea groups is 1. The van der Waals surface area contributed by atoms with E-state index in [1.165, 1.54) is 18.3 Å². The fourth-order valence-corrected chi connectivity index (χ4v) is 6.93. The minimum absolute atomic E-state index is 0.126. The Morgan fingerprint density at radius 1 is 1.25 bits per heavy atom. The molecule has 1 heterocycles. The number of nitrogens with one attached hydrogen (secondary N) is 2. The van der Waals surface area contributed by atoms with E-state index in [2.05, 4.69) is 5.32 Å². The first-order valence-electron chi connectivity index (χ1n) is 13.5. The van der Waals surface area contributed by atoms with Crippen LogP contribution >= 0.6 is 0 Å². The quantitative estimate of drug-likeness (QED) is 0.349. The third-order valence-corrected chi connectivity index (χ3v) is 9.79. The molecule has 2 aliphatic carbocycles. The zero-order valence-electron chi connectivity index (χ0n) is 22.7. The van der Waals surface area contributed by atoms with Crippen molar-refractivity contribution < 1.29 is 23.5 Å². The van der Waals surface area contributed by atoms with Crippen LogP contribution in [-0.2, 0) is 27.6 Å². The molecule has 5 rings (SSSR count). The predicted molar refractivity (Wildman–Crippen MR) is 152 cm³/mol. The van der Waals surface area contributed by atoms with Crippen LogP contribution < -0.4 is 15.8 Å². The number of carbonyl (C=O) groups is 3. The van der Waals surface area contributed by atoms with Crippen LogP contribution in [0.2, 0.25) is 0 Å². The Hall–Kier alpha value is -3.99. The third-order valence-electron chi connectivity index (χ3n) is 8.32. The Kier molecular flexibility index (Phi) is 7.50. The number of nitrogens with two attached hydrogens (primary N) is 1. The number of carbonyl (C=O) groups excluding carboxylic acids is 3. The summed E-state index contributed by atoms with van der Waals surface area (Å²) in [5.41, 5.74) is 9.64. The van der Waals surface area contributed by atoms with Crippen molar-refractivity contribution in [2.24, 2.45) is 11.7 Å². The van der Waals surface area contributed by atoms with Crippen molar-refractivity contribution in [2.75, 3.05) is 20.2 Å². The molecule has 1 fully saturated rings. The molecule has 40 heavy (non-hydrogen) atoms. The number of nitrogens with zero attached hydrogens (tertiary/aromatic N) is 2. The Morgan fingerprint density at radius 3 is 2.70 bits per heavy atom. The zero-order valence-corrected chi connectivity index (χ0v) is 24.7. The smallest absolute Gasteiger partial charge is 0.321 e. The summed E-state index contributed by atoms with van der Waals surface area (Å²) in [4.78, 5) is 42.8. The zero-order chi connectivity index (χ0) is 28.6. The molecule has 0 bridgehead atoms. The van der Waals surface area contributed by atoms with Gasteiger partial charge >= 0.3 is 6.03 Å². The van der Waals surface area contributed by atoms with E-state index in [1.54, 1.807) is 24.2 Å². The molecule has 11 heteroatoms. The molecule has 2 aromatic rings. The van der Waals surface area contributed by atoms with Crippen LogP contribution in [0.5, 0.6) is 5.75 Å². The average Bonchev–Trinajstić information content (AvgIpc) is 3.74. The molecule has 210 valence electrons. The molecule has 0 aromatic heterocycles. The molecule has 2 aromatic carbocycles. The Labute approximate surface area is 235 Å². The SMILES string of the molecule is CN/C=C(\C=N)c1ccc2c(c1)CC[C@@]2([SiH3])C(=O)N(CC(=O)N1Cc2cc(F)ccc2OC[C@H]1C1CC1)C(N)=O. The summed E-state index contributed by atoms with van der Waals surface area (Å²) >= 11 is 0. The molecule has 0 spiro atoms. The van der Waals surface area contributed by atoms with Gasteiger partial charge in [0.2, 0.25) is 11.8 Å². The van der Waals surface area contributed by atoms with Gasteiger partial charge in [-0.05, 0) is 66.5 Å². The van der Waals surface area contributed by atoms with Gasteiger partial charge in [-0.1, -0.05) is 18.2 Å². The molecule has 1 saturated carbocycles. The highest BCUT2D eigenvalue weighted by molar-refractivity contribution is 6.31. The van der Waals surface area contributed by atoms with E-state index in [4.69, 9.17) is 15.9 Å². The van der Waals surface area contributed by atoms with E-state index in [9.17, 15) is 18.8 Å². The molecule has 3 aliphatic rings. The van der Waals surface area contributed by atoms with E-state index in [0.29, 0.717) is 40.0 Å². The number of hydrogen-bond acceptors (Lipinski definition) is 6. The van der Waals surface area contributed by atoms with Crippen LogP contribution in [0.25, 0.3) is 5.57 Å². The monoisotopic (exact) mass is 563 g/mol. The van der Waals surface area contributed by atoms with Gasteiger partial charge in [0.25, 0.3) is 0 Å². The molecule has 0 radical (unpaired) electrons. The first kappa shape index (κ1) is 27.6. The second kappa shape index (κ2) is 10.9. The molecule has 4 N–H and O–H groups in total. The van der Waals surface area contributed by atoms with Crippen LogP contribution in [0.15, 0.2) is 42.6 Å². The Bertz CT molecular complexity index is 1410. The molecule has 0 saturated heterocycles. The van der Waals surface area contributed by atoms with Gasteiger partial charge in [-0.25, -0.2) is 9.18 Å². The lowest BCUT2D eigenvalue weighted by Gasteiger charge is -2.34. The number of rotatable bonds is 7. The van der Waals surface area contributed by atoms with Crippen molar-refractivity contribution in [1.82, 2.24) is 15.1 Å². The Morgan fingerprint density at radius 2 is 2.02 bits per heavy atom. The summed E-state index contributed by atoms with van der Waals surface area (Å²) in [5, 5.41) is 9.73. The van der Waals surface area contributed by atoms with Crippen molar-refractivity contribution in [1.29, 1.82) is 5.41 Å². The lowest BCUT2D eigenvalue weighted by Crippen LogP contribution is -2.55. The summed E-state index contributed by atoms with van der Waals surface area (Å²) in [7, 11) is 2.18. The maximum Gasteiger partial charge on any atom is 0.321 e. The van der Waals surface area contributed by atoms with Gasteiger partial charge in [-0.2, -0.15) is 0 Å². The first-order chi connectivity index (χ1) is 19.2. The van der Waals surface area contributed by atoms with Gasteiger partial charge in [0.1, 0.15) is 24.7 Å². The van der Waals surface area contributed by atoms with Gasteiger partial charge < -0.3 is 26.1 Å². The molecule has 0 unspecified atom stereocenters. The van der Waals surface area contributed by atoms with Crippen LogP contribution in [-0.4, -0.2) is 70.3 Å². The third kappa shape index (κ3) is 5.13. The second-order valence-electron chi connectivity index (χ2n) is 11.0. The van der Waals surface area contributed by atoms with Crippen LogP contribution in [0.1, 0.15) is 41.5 Å². The number of benzene rings is 2. The summed E-state index contributed by atoms with van der Waals surface area (Å²) in [6, 6.07) is 8.77. The molecule has 1 aliphatic heterocycles. The highest BCUT2D eigenvalue weighted by Crippen LogP contribution is 2.41. The van der Waals surface area contributed by atoms with Gasteiger partial charge in [0.05, 0.1) is 11.1 Å². The number of halogens is 1. The van der Waals surface area contributed by atoms with Crippen LogP contribution in [0, 0.1) is 17.1 Å². The molecular weight excluding hydrogens is 529 g/mol. The Balaban J connectivity index is 1.40. The maximum atomic E-state index is 14.0. The number of aryl methyl sites for hydroxylation is 1. The topological polar surface area (TPSA) is 129 Å². The van der Waals surface area contributed by atoms with Gasteiger partial charge in [-0.3, -0.25) is 14.5 Å². The fraction of sp³-hybridized carbons (Fsp3) is 0.379. The number of imide groups is 1. The number of hydrogen-bond donors (Lipinski definition) is 3. The van der Waals surface area contributed by atoms with E-state index in [-0.39, 0.29) is 25.1 Å². The number of allylic oxidation sites excluding steroid dienone is 1. The summed E-state index contributed by atoms with van der Waals surface area (Å²) < 4.78 is 20.0. The lowest BCUT2D eigenvalue weighted by molar-refractivity contribution is -0.141. The standard InChI is InChI=1S/C29H34FN5O4Si/c1-33-13-21(12-31)18-4-6-23-19(10-18)8-9-29(23,40)27(37)35(28(32)38)15-26(36)34-14-20-11-22(30)5-7-25(20)39-16-24(34)17-2-3-17/h4-7,10-13,17,24,31,33H,2-3,8-9,14-16H2,1,40H3,(H2,32,38)/b21-13+,31-12?/t24-,29-/m0/s1. The van der Waals surface area contributed by atoms with Crippen molar-refractivity contribution >= 4 is 39.9 Å². The maximum absolute atomic E-state index is 14.0. The lowest BCUT2D eigenvalue weighted by atomic mass is 9.95. The normalized spacial score (nSPS) is 22.0. The van der Waals surface area contributed by atoms with Gasteiger partial charge in [-0.15, -0.1) is 0 Å². The van der Waals surface area contributed by atoms with E-state index in [1.807, 2.05) is 18.2 Å². The first-order valence-corrected chi connectivity index (χ1v) is 14.5. The second-order valence-corrected chi connectivity index (χ2v) is 12.7.